The van der Waals surface area contributed by atoms with E-state index in [9.17, 15) is 14.9 Å². The van der Waals surface area contributed by atoms with Crippen LogP contribution in [0.1, 0.15) is 36.5 Å². The third-order valence-electron chi connectivity index (χ3n) is 3.11. The predicted octanol–water partition coefficient (Wildman–Crippen LogP) is 1.90. The zero-order valence-electron chi connectivity index (χ0n) is 11.8. The van der Waals surface area contributed by atoms with Crippen molar-refractivity contribution >= 4 is 17.5 Å². The lowest BCUT2D eigenvalue weighted by molar-refractivity contribution is -0.385. The molecule has 0 spiro atoms. The van der Waals surface area contributed by atoms with E-state index in [-0.39, 0.29) is 29.6 Å². The minimum atomic E-state index is -1.28. The quantitative estimate of drug-likeness (QED) is 0.469. The number of aromatic carboxylic acids is 1. The van der Waals surface area contributed by atoms with E-state index in [4.69, 9.17) is 10.2 Å². The molecule has 0 aliphatic rings. The van der Waals surface area contributed by atoms with Gasteiger partial charge in [-0.25, -0.2) is 9.78 Å². The minimum Gasteiger partial charge on any atom is -0.478 e. The normalized spacial score (nSPS) is 11.9. The number of carboxylic acids is 1. The third kappa shape index (κ3) is 4.99. The van der Waals surface area contributed by atoms with Crippen LogP contribution < -0.4 is 5.32 Å². The van der Waals surface area contributed by atoms with Gasteiger partial charge in [0, 0.05) is 19.2 Å². The first kappa shape index (κ1) is 16.8. The molecule has 3 N–H and O–H groups in total. The number of aromatic nitrogens is 1. The highest BCUT2D eigenvalue weighted by Crippen LogP contribution is 2.20. The van der Waals surface area contributed by atoms with Gasteiger partial charge < -0.3 is 15.5 Å². The molecule has 0 bridgehead atoms. The summed E-state index contributed by atoms with van der Waals surface area (Å²) in [4.78, 5) is 24.9. The van der Waals surface area contributed by atoms with Gasteiger partial charge in [0.15, 0.2) is 0 Å². The summed E-state index contributed by atoms with van der Waals surface area (Å²) in [6.45, 7) is 2.54. The van der Waals surface area contributed by atoms with Crippen LogP contribution in [0.3, 0.4) is 0 Å². The lowest BCUT2D eigenvalue weighted by atomic mass is 10.0. The molecule has 1 aromatic heterocycles. The lowest BCUT2D eigenvalue weighted by Crippen LogP contribution is -2.18. The molecule has 0 saturated heterocycles. The van der Waals surface area contributed by atoms with E-state index in [0.717, 1.165) is 25.1 Å². The zero-order valence-corrected chi connectivity index (χ0v) is 11.8. The molecular weight excluding hydrogens is 278 g/mol. The van der Waals surface area contributed by atoms with Gasteiger partial charge in [0.2, 0.25) is 0 Å². The topological polar surface area (TPSA) is 126 Å². The van der Waals surface area contributed by atoms with Crippen LogP contribution in [-0.2, 0) is 0 Å². The van der Waals surface area contributed by atoms with E-state index in [1.54, 1.807) is 0 Å². The number of aliphatic hydroxyl groups excluding tert-OH is 1. The number of anilines is 1. The van der Waals surface area contributed by atoms with Gasteiger partial charge in [-0.2, -0.15) is 0 Å². The Morgan fingerprint density at radius 3 is 2.76 bits per heavy atom. The Bertz CT molecular complexity index is 501. The number of rotatable bonds is 9. The first-order chi connectivity index (χ1) is 9.99. The number of aliphatic hydroxyl groups is 1. The number of carbonyl (C=O) groups is 1. The fourth-order valence-electron chi connectivity index (χ4n) is 2.04. The molecule has 0 aliphatic carbocycles. The summed E-state index contributed by atoms with van der Waals surface area (Å²) in [5, 5.41) is 31.6. The summed E-state index contributed by atoms with van der Waals surface area (Å²) < 4.78 is 0. The Labute approximate surface area is 122 Å². The van der Waals surface area contributed by atoms with E-state index < -0.39 is 10.9 Å². The molecule has 0 fully saturated rings. The number of nitrogens with zero attached hydrogens (tertiary/aromatic N) is 2. The summed E-state index contributed by atoms with van der Waals surface area (Å²) in [6, 6.07) is 0.985. The van der Waals surface area contributed by atoms with Crippen molar-refractivity contribution in [3.8, 4) is 0 Å². The van der Waals surface area contributed by atoms with Gasteiger partial charge in [0.05, 0.1) is 4.92 Å². The molecule has 0 aliphatic heterocycles. The van der Waals surface area contributed by atoms with E-state index in [0.29, 0.717) is 13.0 Å². The molecule has 1 aromatic rings. The second-order valence-electron chi connectivity index (χ2n) is 4.70. The van der Waals surface area contributed by atoms with Gasteiger partial charge in [0.25, 0.3) is 5.69 Å². The fraction of sp³-hybridized carbons (Fsp3) is 0.538. The van der Waals surface area contributed by atoms with Crippen molar-refractivity contribution in [3.05, 3.63) is 27.9 Å². The monoisotopic (exact) mass is 297 g/mol. The minimum absolute atomic E-state index is 0.0613. The van der Waals surface area contributed by atoms with Crippen molar-refractivity contribution in [2.45, 2.75) is 26.2 Å². The van der Waals surface area contributed by atoms with Crippen LogP contribution in [0.5, 0.6) is 0 Å². The molecule has 8 heteroatoms. The van der Waals surface area contributed by atoms with Crippen molar-refractivity contribution in [2.75, 3.05) is 18.5 Å². The summed E-state index contributed by atoms with van der Waals surface area (Å²) in [6.07, 6.45) is 3.47. The Balaban J connectivity index is 2.86. The Morgan fingerprint density at radius 2 is 2.24 bits per heavy atom. The van der Waals surface area contributed by atoms with Crippen LogP contribution in [0.25, 0.3) is 0 Å². The van der Waals surface area contributed by atoms with Crippen LogP contribution in [0, 0.1) is 16.0 Å². The number of carboxylic acid groups (broad SMARTS) is 1. The first-order valence-corrected chi connectivity index (χ1v) is 6.72. The van der Waals surface area contributed by atoms with Crippen molar-refractivity contribution in [1.82, 2.24) is 4.98 Å². The largest absolute Gasteiger partial charge is 0.478 e. The lowest BCUT2D eigenvalue weighted by Gasteiger charge is -2.16. The maximum Gasteiger partial charge on any atom is 0.339 e. The number of hydrogen-bond acceptors (Lipinski definition) is 6. The first-order valence-electron chi connectivity index (χ1n) is 6.72. The SMILES string of the molecule is CCCC(CCO)CNc1ncc([N+](=O)[O-])cc1C(=O)O. The summed E-state index contributed by atoms with van der Waals surface area (Å²) in [5.41, 5.74) is -0.595. The summed E-state index contributed by atoms with van der Waals surface area (Å²) in [5.74, 6) is -0.978. The summed E-state index contributed by atoms with van der Waals surface area (Å²) in [7, 11) is 0. The number of pyridine rings is 1. The van der Waals surface area contributed by atoms with Crippen LogP contribution in [0.4, 0.5) is 11.5 Å². The van der Waals surface area contributed by atoms with Crippen molar-refractivity contribution in [2.24, 2.45) is 5.92 Å². The maximum absolute atomic E-state index is 11.2. The molecule has 0 radical (unpaired) electrons. The molecule has 8 nitrogen and oxygen atoms in total. The number of hydrogen-bond donors (Lipinski definition) is 3. The molecule has 0 saturated carbocycles. The highest BCUT2D eigenvalue weighted by atomic mass is 16.6. The standard InChI is InChI=1S/C13H19N3O5/c1-2-3-9(4-5-17)7-14-12-11(13(18)19)6-10(8-15-12)16(20)21/h6,8-9,17H,2-5,7H2,1H3,(H,14,15)(H,18,19). The van der Waals surface area contributed by atoms with E-state index in [1.807, 2.05) is 6.92 Å². The highest BCUT2D eigenvalue weighted by molar-refractivity contribution is 5.93. The fourth-order valence-corrected chi connectivity index (χ4v) is 2.04. The molecule has 116 valence electrons. The zero-order chi connectivity index (χ0) is 15.8. The molecule has 21 heavy (non-hydrogen) atoms. The Kier molecular flexibility index (Phi) is 6.54. The smallest absolute Gasteiger partial charge is 0.339 e. The molecule has 1 atom stereocenters. The average Bonchev–Trinajstić information content (AvgIpc) is 2.44. The van der Waals surface area contributed by atoms with Gasteiger partial charge in [-0.15, -0.1) is 0 Å². The van der Waals surface area contributed by atoms with Crippen LogP contribution in [0.15, 0.2) is 12.3 Å². The predicted molar refractivity (Wildman–Crippen MR) is 76.4 cm³/mol. The van der Waals surface area contributed by atoms with E-state index >= 15 is 0 Å². The summed E-state index contributed by atoms with van der Waals surface area (Å²) >= 11 is 0. The van der Waals surface area contributed by atoms with Crippen molar-refractivity contribution < 1.29 is 19.9 Å². The molecule has 0 amide bonds. The molecule has 0 aromatic carbocycles. The molecule has 1 rings (SSSR count). The molecule has 1 heterocycles. The van der Waals surface area contributed by atoms with E-state index in [1.165, 1.54) is 0 Å². The van der Waals surface area contributed by atoms with Crippen LogP contribution >= 0.6 is 0 Å². The molecule has 1 unspecified atom stereocenters. The van der Waals surface area contributed by atoms with Gasteiger partial charge in [0.1, 0.15) is 17.6 Å². The second kappa shape index (κ2) is 8.15. The highest BCUT2D eigenvalue weighted by Gasteiger charge is 2.18. The van der Waals surface area contributed by atoms with Crippen molar-refractivity contribution in [3.63, 3.8) is 0 Å². The number of nitro groups is 1. The second-order valence-corrected chi connectivity index (χ2v) is 4.70. The van der Waals surface area contributed by atoms with Gasteiger partial charge in [-0.05, 0) is 18.8 Å². The van der Waals surface area contributed by atoms with Gasteiger partial charge in [-0.1, -0.05) is 13.3 Å². The average molecular weight is 297 g/mol. The van der Waals surface area contributed by atoms with Crippen LogP contribution in [-0.4, -0.2) is 39.2 Å². The number of nitrogens with one attached hydrogen (secondary N) is 1. The third-order valence-corrected chi connectivity index (χ3v) is 3.11. The Morgan fingerprint density at radius 1 is 1.52 bits per heavy atom. The Hall–Kier alpha value is -2.22. The van der Waals surface area contributed by atoms with Gasteiger partial charge >= 0.3 is 5.97 Å². The molecular formula is C13H19N3O5. The maximum atomic E-state index is 11.2. The van der Waals surface area contributed by atoms with Crippen LogP contribution in [0.2, 0.25) is 0 Å². The van der Waals surface area contributed by atoms with Crippen molar-refractivity contribution in [1.29, 1.82) is 0 Å². The van der Waals surface area contributed by atoms with E-state index in [2.05, 4.69) is 10.3 Å². The van der Waals surface area contributed by atoms with Gasteiger partial charge in [-0.3, -0.25) is 10.1 Å².